The first-order chi connectivity index (χ1) is 9.58. The first kappa shape index (κ1) is 12.7. The van der Waals surface area contributed by atoms with E-state index in [9.17, 15) is 19.8 Å². The number of para-hydroxylation sites is 2. The second kappa shape index (κ2) is 4.67. The van der Waals surface area contributed by atoms with Gasteiger partial charge in [0.2, 0.25) is 5.91 Å². The average Bonchev–Trinajstić information content (AvgIpc) is 3.01. The molecule has 5 nitrogen and oxygen atoms in total. The zero-order valence-corrected chi connectivity index (χ0v) is 10.7. The Balaban J connectivity index is 1.82. The third-order valence-electron chi connectivity index (χ3n) is 4.21. The molecule has 3 rings (SSSR count). The summed E-state index contributed by atoms with van der Waals surface area (Å²) in [4.78, 5) is 23.7. The van der Waals surface area contributed by atoms with E-state index in [0.717, 1.165) is 6.42 Å². The Kier molecular flexibility index (Phi) is 2.97. The van der Waals surface area contributed by atoms with Crippen molar-refractivity contribution in [2.24, 2.45) is 23.7 Å². The number of nitrogens with one attached hydrogen (secondary N) is 1. The van der Waals surface area contributed by atoms with Crippen LogP contribution in [0.5, 0.6) is 5.75 Å². The maximum absolute atomic E-state index is 12.4. The summed E-state index contributed by atoms with van der Waals surface area (Å²) >= 11 is 0. The molecule has 2 aliphatic rings. The predicted molar refractivity (Wildman–Crippen MR) is 72.1 cm³/mol. The quantitative estimate of drug-likeness (QED) is 0.579. The number of phenols is 1. The molecule has 2 aliphatic carbocycles. The number of carboxylic acids is 1. The highest BCUT2D eigenvalue weighted by molar-refractivity contribution is 5.97. The van der Waals surface area contributed by atoms with Crippen LogP contribution in [0.25, 0.3) is 0 Å². The molecule has 1 saturated carbocycles. The fourth-order valence-corrected chi connectivity index (χ4v) is 3.31. The highest BCUT2D eigenvalue weighted by Crippen LogP contribution is 2.48. The fraction of sp³-hybridized carbons (Fsp3) is 0.333. The van der Waals surface area contributed by atoms with Gasteiger partial charge in [-0.15, -0.1) is 0 Å². The van der Waals surface area contributed by atoms with Crippen LogP contribution in [0.3, 0.4) is 0 Å². The summed E-state index contributed by atoms with van der Waals surface area (Å²) in [6.07, 6.45) is 4.54. The fourth-order valence-electron chi connectivity index (χ4n) is 3.31. The van der Waals surface area contributed by atoms with Gasteiger partial charge in [0.15, 0.2) is 0 Å². The lowest BCUT2D eigenvalue weighted by Gasteiger charge is -2.24. The molecule has 20 heavy (non-hydrogen) atoms. The molecule has 2 bridgehead atoms. The van der Waals surface area contributed by atoms with Gasteiger partial charge in [0.1, 0.15) is 5.75 Å². The molecule has 0 aliphatic heterocycles. The average molecular weight is 273 g/mol. The number of hydrogen-bond acceptors (Lipinski definition) is 3. The number of carbonyl (C=O) groups is 2. The Labute approximate surface area is 115 Å². The van der Waals surface area contributed by atoms with Gasteiger partial charge in [0, 0.05) is 0 Å². The van der Waals surface area contributed by atoms with Crippen molar-refractivity contribution in [1.29, 1.82) is 0 Å². The van der Waals surface area contributed by atoms with E-state index in [0.29, 0.717) is 5.69 Å². The van der Waals surface area contributed by atoms with Gasteiger partial charge in [-0.2, -0.15) is 0 Å². The van der Waals surface area contributed by atoms with Crippen molar-refractivity contribution >= 4 is 17.6 Å². The summed E-state index contributed by atoms with van der Waals surface area (Å²) in [5.41, 5.74) is 0.313. The summed E-state index contributed by atoms with van der Waals surface area (Å²) < 4.78 is 0. The Hall–Kier alpha value is -2.30. The van der Waals surface area contributed by atoms with Crippen LogP contribution in [0.15, 0.2) is 36.4 Å². The second-order valence-electron chi connectivity index (χ2n) is 5.34. The van der Waals surface area contributed by atoms with E-state index >= 15 is 0 Å². The van der Waals surface area contributed by atoms with Crippen molar-refractivity contribution in [2.45, 2.75) is 6.42 Å². The second-order valence-corrected chi connectivity index (χ2v) is 5.34. The first-order valence-electron chi connectivity index (χ1n) is 6.58. The lowest BCUT2D eigenvalue weighted by molar-refractivity contribution is -0.146. The van der Waals surface area contributed by atoms with Crippen LogP contribution < -0.4 is 5.32 Å². The van der Waals surface area contributed by atoms with Gasteiger partial charge in [0.25, 0.3) is 0 Å². The zero-order valence-electron chi connectivity index (χ0n) is 10.7. The van der Waals surface area contributed by atoms with Gasteiger partial charge in [-0.25, -0.2) is 0 Å². The van der Waals surface area contributed by atoms with E-state index in [2.05, 4.69) is 5.32 Å². The number of aromatic hydroxyl groups is 1. The minimum Gasteiger partial charge on any atom is -0.506 e. The van der Waals surface area contributed by atoms with E-state index in [1.807, 2.05) is 12.2 Å². The van der Waals surface area contributed by atoms with Crippen molar-refractivity contribution in [3.05, 3.63) is 36.4 Å². The Morgan fingerprint density at radius 2 is 1.75 bits per heavy atom. The number of anilines is 1. The lowest BCUT2D eigenvalue weighted by atomic mass is 9.82. The third-order valence-corrected chi connectivity index (χ3v) is 4.21. The molecule has 0 unspecified atom stereocenters. The number of aliphatic carboxylic acids is 1. The molecule has 1 aromatic carbocycles. The van der Waals surface area contributed by atoms with Gasteiger partial charge >= 0.3 is 5.97 Å². The maximum Gasteiger partial charge on any atom is 0.307 e. The van der Waals surface area contributed by atoms with Gasteiger partial charge in [0.05, 0.1) is 17.5 Å². The number of carboxylic acid groups (broad SMARTS) is 1. The van der Waals surface area contributed by atoms with Gasteiger partial charge < -0.3 is 15.5 Å². The van der Waals surface area contributed by atoms with Gasteiger partial charge in [-0.3, -0.25) is 9.59 Å². The first-order valence-corrected chi connectivity index (χ1v) is 6.58. The number of allylic oxidation sites excluding steroid dienone is 2. The summed E-state index contributed by atoms with van der Waals surface area (Å²) in [5, 5.41) is 21.6. The number of hydrogen-bond donors (Lipinski definition) is 3. The monoisotopic (exact) mass is 273 g/mol. The number of benzene rings is 1. The molecule has 5 heteroatoms. The van der Waals surface area contributed by atoms with Crippen molar-refractivity contribution in [2.75, 3.05) is 5.32 Å². The molecule has 0 aromatic heterocycles. The van der Waals surface area contributed by atoms with Crippen molar-refractivity contribution in [3.63, 3.8) is 0 Å². The predicted octanol–water partition coefficient (Wildman–Crippen LogP) is 1.85. The van der Waals surface area contributed by atoms with Crippen LogP contribution in [0.4, 0.5) is 5.69 Å². The summed E-state index contributed by atoms with van der Waals surface area (Å²) in [7, 11) is 0. The largest absolute Gasteiger partial charge is 0.506 e. The zero-order chi connectivity index (χ0) is 14.3. The molecule has 104 valence electrons. The van der Waals surface area contributed by atoms with Crippen molar-refractivity contribution in [3.8, 4) is 5.75 Å². The lowest BCUT2D eigenvalue weighted by Crippen LogP contribution is -2.36. The number of fused-ring (bicyclic) bond motifs is 2. The Morgan fingerprint density at radius 3 is 2.40 bits per heavy atom. The molecule has 3 N–H and O–H groups in total. The van der Waals surface area contributed by atoms with Crippen molar-refractivity contribution < 1.29 is 19.8 Å². The van der Waals surface area contributed by atoms with Crippen LogP contribution in [0, 0.1) is 23.7 Å². The normalized spacial score (nSPS) is 30.4. The Morgan fingerprint density at radius 1 is 1.10 bits per heavy atom. The minimum absolute atomic E-state index is 0.0213. The molecule has 1 fully saturated rings. The number of phenolic OH excluding ortho intramolecular Hbond substituents is 1. The molecule has 1 aromatic rings. The summed E-state index contributed by atoms with van der Waals surface area (Å²) in [6, 6.07) is 6.42. The van der Waals surface area contributed by atoms with Crippen LogP contribution in [0.2, 0.25) is 0 Å². The maximum atomic E-state index is 12.4. The molecule has 0 radical (unpaired) electrons. The van der Waals surface area contributed by atoms with E-state index in [4.69, 9.17) is 0 Å². The molecular weight excluding hydrogens is 258 g/mol. The van der Waals surface area contributed by atoms with Crippen molar-refractivity contribution in [1.82, 2.24) is 0 Å². The Bertz CT molecular complexity index is 595. The molecule has 1 amide bonds. The highest BCUT2D eigenvalue weighted by atomic mass is 16.4. The van der Waals surface area contributed by atoms with E-state index in [-0.39, 0.29) is 23.5 Å². The molecule has 0 saturated heterocycles. The van der Waals surface area contributed by atoms with Crippen LogP contribution in [-0.4, -0.2) is 22.1 Å². The number of carbonyl (C=O) groups excluding carboxylic acids is 1. The summed E-state index contributed by atoms with van der Waals surface area (Å²) in [5.74, 6) is -2.61. The third kappa shape index (κ3) is 1.95. The smallest absolute Gasteiger partial charge is 0.307 e. The number of rotatable bonds is 3. The van der Waals surface area contributed by atoms with Crippen LogP contribution >= 0.6 is 0 Å². The van der Waals surface area contributed by atoms with E-state index in [1.54, 1.807) is 18.2 Å². The van der Waals surface area contributed by atoms with E-state index < -0.39 is 17.8 Å². The molecule has 0 heterocycles. The molecule has 4 atom stereocenters. The number of amides is 1. The SMILES string of the molecule is O=C(O)[C@@H]1[C@@H](C(=O)Nc2ccccc2O)[C@H]2C=C[C@@H]1C2. The highest BCUT2D eigenvalue weighted by Gasteiger charge is 2.51. The topological polar surface area (TPSA) is 86.6 Å². The van der Waals surface area contributed by atoms with Gasteiger partial charge in [-0.1, -0.05) is 24.3 Å². The van der Waals surface area contributed by atoms with Crippen LogP contribution in [0.1, 0.15) is 6.42 Å². The summed E-state index contributed by atoms with van der Waals surface area (Å²) in [6.45, 7) is 0. The van der Waals surface area contributed by atoms with Gasteiger partial charge in [-0.05, 0) is 30.4 Å². The standard InChI is InChI=1S/C15H15NO4/c17-11-4-2-1-3-10(11)16-14(18)12-8-5-6-9(7-8)13(12)15(19)20/h1-6,8-9,12-13,17H,7H2,(H,16,18)(H,19,20)/t8-,9+,12-,13-/m0/s1. The molecular formula is C15H15NO4. The minimum atomic E-state index is -0.931. The van der Waals surface area contributed by atoms with E-state index in [1.165, 1.54) is 6.07 Å². The van der Waals surface area contributed by atoms with Crippen LogP contribution in [-0.2, 0) is 9.59 Å². The molecule has 0 spiro atoms.